The molecule has 0 bridgehead atoms. The van der Waals surface area contributed by atoms with Crippen LogP contribution >= 0.6 is 0 Å². The lowest BCUT2D eigenvalue weighted by Gasteiger charge is -2.12. The van der Waals surface area contributed by atoms with Gasteiger partial charge < -0.3 is 4.57 Å². The highest BCUT2D eigenvalue weighted by molar-refractivity contribution is 6.16. The van der Waals surface area contributed by atoms with E-state index in [1.807, 2.05) is 6.07 Å². The van der Waals surface area contributed by atoms with Gasteiger partial charge in [-0.3, -0.25) is 0 Å². The third-order valence-corrected chi connectivity index (χ3v) is 11.3. The highest BCUT2D eigenvalue weighted by atomic mass is 15.0. The molecule has 2 aromatic heterocycles. The molecule has 8 aromatic carbocycles. The molecule has 11 rings (SSSR count). The first-order valence-corrected chi connectivity index (χ1v) is 19.2. The average Bonchev–Trinajstić information content (AvgIpc) is 3.83. The van der Waals surface area contributed by atoms with Crippen molar-refractivity contribution < 1.29 is 0 Å². The Kier molecular flexibility index (Phi) is 7.56. The smallest absolute Gasteiger partial charge is 0.160 e. The fraction of sp³-hybridized carbons (Fsp3) is 0.0189. The summed E-state index contributed by atoms with van der Waals surface area (Å²) < 4.78 is 2.39. The lowest BCUT2D eigenvalue weighted by molar-refractivity contribution is 1.13. The van der Waals surface area contributed by atoms with E-state index in [9.17, 15) is 0 Å². The van der Waals surface area contributed by atoms with Crippen LogP contribution in [-0.4, -0.2) is 14.5 Å². The Labute approximate surface area is 325 Å². The molecule has 3 heteroatoms. The van der Waals surface area contributed by atoms with Gasteiger partial charge in [0.05, 0.1) is 22.4 Å². The number of hydrogen-bond acceptors (Lipinski definition) is 2. The zero-order valence-electron chi connectivity index (χ0n) is 30.6. The van der Waals surface area contributed by atoms with Gasteiger partial charge in [0.2, 0.25) is 0 Å². The van der Waals surface area contributed by atoms with Crippen molar-refractivity contribution >= 4 is 21.8 Å². The summed E-state index contributed by atoms with van der Waals surface area (Å²) in [6, 6.07) is 71.6. The second-order valence-corrected chi connectivity index (χ2v) is 14.5. The fourth-order valence-corrected chi connectivity index (χ4v) is 8.72. The first-order chi connectivity index (χ1) is 27.8. The van der Waals surface area contributed by atoms with E-state index >= 15 is 0 Å². The molecule has 0 saturated heterocycles. The van der Waals surface area contributed by atoms with Crippen LogP contribution in [-0.2, 0) is 6.42 Å². The summed E-state index contributed by atoms with van der Waals surface area (Å²) in [6.07, 6.45) is 0.755. The van der Waals surface area contributed by atoms with Crippen molar-refractivity contribution in [3.05, 3.63) is 211 Å². The largest absolute Gasteiger partial charge is 0.309 e. The van der Waals surface area contributed by atoms with E-state index in [0.29, 0.717) is 0 Å². The highest BCUT2D eigenvalue weighted by Crippen LogP contribution is 2.46. The summed E-state index contributed by atoms with van der Waals surface area (Å²) in [5.74, 6) is 0.743. The number of rotatable bonds is 6. The van der Waals surface area contributed by atoms with Gasteiger partial charge in [-0.15, -0.1) is 0 Å². The summed E-state index contributed by atoms with van der Waals surface area (Å²) in [7, 11) is 0. The van der Waals surface area contributed by atoms with Crippen LogP contribution in [0.25, 0.3) is 94.8 Å². The molecule has 0 unspecified atom stereocenters. The molecule has 262 valence electrons. The number of fused-ring (bicyclic) bond motifs is 6. The summed E-state index contributed by atoms with van der Waals surface area (Å²) in [4.78, 5) is 10.6. The highest BCUT2D eigenvalue weighted by Gasteiger charge is 2.28. The zero-order valence-corrected chi connectivity index (χ0v) is 30.6. The second kappa shape index (κ2) is 13.2. The maximum atomic E-state index is 5.32. The summed E-state index contributed by atoms with van der Waals surface area (Å²) >= 11 is 0. The Morgan fingerprint density at radius 2 is 0.893 bits per heavy atom. The van der Waals surface area contributed by atoms with Gasteiger partial charge in [-0.25, -0.2) is 9.97 Å². The molecule has 2 heterocycles. The van der Waals surface area contributed by atoms with E-state index in [1.54, 1.807) is 0 Å². The third-order valence-electron chi connectivity index (χ3n) is 11.3. The normalized spacial score (nSPS) is 11.9. The molecule has 0 amide bonds. The standard InChI is InChI=1S/C53H35N3/c1-4-16-35(17-5-1)37-20-12-23-40(32-37)51-47-34-46-42(27-14-29-44(46)52(47)55-53(54-51)36-18-6-2-7-19-36)38-21-13-22-39(33-38)43-28-15-31-49-50(43)45-26-10-11-30-48(45)56(49)41-24-8-3-9-25-41/h1-33H,34H2. The summed E-state index contributed by atoms with van der Waals surface area (Å²) in [6.45, 7) is 0. The molecule has 0 atom stereocenters. The average molecular weight is 714 g/mol. The fourth-order valence-electron chi connectivity index (χ4n) is 8.72. The van der Waals surface area contributed by atoms with E-state index in [4.69, 9.17) is 9.97 Å². The number of nitrogens with zero attached hydrogens (tertiary/aromatic N) is 3. The second-order valence-electron chi connectivity index (χ2n) is 14.5. The van der Waals surface area contributed by atoms with E-state index < -0.39 is 0 Å². The summed E-state index contributed by atoms with van der Waals surface area (Å²) in [5.41, 5.74) is 18.5. The van der Waals surface area contributed by atoms with Crippen molar-refractivity contribution in [2.45, 2.75) is 6.42 Å². The minimum Gasteiger partial charge on any atom is -0.309 e. The molecule has 1 aliphatic carbocycles. The Balaban J connectivity index is 1.06. The minimum atomic E-state index is 0.743. The molecule has 0 saturated carbocycles. The van der Waals surface area contributed by atoms with Gasteiger partial charge >= 0.3 is 0 Å². The Bertz CT molecular complexity index is 3090. The molecule has 0 N–H and O–H groups in total. The molecule has 3 nitrogen and oxygen atoms in total. The molecule has 0 radical (unpaired) electrons. The maximum Gasteiger partial charge on any atom is 0.160 e. The SMILES string of the molecule is c1ccc(-c2cccc(-c3nc(-c4ccccc4)nc4c3Cc3c(-c5cccc(-c6cccc7c6c6ccccc6n7-c6ccccc6)c5)cccc3-4)c2)cc1. The number of aromatic nitrogens is 3. The van der Waals surface area contributed by atoms with Gasteiger partial charge in [0.1, 0.15) is 0 Å². The lowest BCUT2D eigenvalue weighted by Crippen LogP contribution is -1.99. The monoisotopic (exact) mass is 713 g/mol. The first kappa shape index (κ1) is 32.1. The van der Waals surface area contributed by atoms with Gasteiger partial charge in [-0.1, -0.05) is 164 Å². The number of hydrogen-bond donors (Lipinski definition) is 0. The minimum absolute atomic E-state index is 0.743. The van der Waals surface area contributed by atoms with E-state index in [-0.39, 0.29) is 0 Å². The van der Waals surface area contributed by atoms with Crippen LogP contribution in [0.4, 0.5) is 0 Å². The van der Waals surface area contributed by atoms with Crippen molar-refractivity contribution in [1.82, 2.24) is 14.5 Å². The zero-order chi connectivity index (χ0) is 37.0. The number of benzene rings is 8. The van der Waals surface area contributed by atoms with E-state index in [2.05, 4.69) is 199 Å². The molecule has 56 heavy (non-hydrogen) atoms. The first-order valence-electron chi connectivity index (χ1n) is 19.2. The Hall–Kier alpha value is -7.36. The third kappa shape index (κ3) is 5.28. The van der Waals surface area contributed by atoms with Crippen LogP contribution in [0.1, 0.15) is 11.1 Å². The van der Waals surface area contributed by atoms with Gasteiger partial charge in [0.15, 0.2) is 5.82 Å². The lowest BCUT2D eigenvalue weighted by atomic mass is 9.92. The van der Waals surface area contributed by atoms with Crippen molar-refractivity contribution in [2.24, 2.45) is 0 Å². The molecular weight excluding hydrogens is 679 g/mol. The van der Waals surface area contributed by atoms with Crippen LogP contribution in [0.3, 0.4) is 0 Å². The van der Waals surface area contributed by atoms with Crippen molar-refractivity contribution in [3.8, 4) is 73.0 Å². The van der Waals surface area contributed by atoms with Crippen LogP contribution < -0.4 is 0 Å². The van der Waals surface area contributed by atoms with Gasteiger partial charge in [-0.2, -0.15) is 0 Å². The van der Waals surface area contributed by atoms with Gasteiger partial charge in [-0.05, 0) is 75.3 Å². The number of para-hydroxylation sites is 2. The van der Waals surface area contributed by atoms with Crippen molar-refractivity contribution in [1.29, 1.82) is 0 Å². The van der Waals surface area contributed by atoms with Crippen LogP contribution in [0.15, 0.2) is 200 Å². The predicted molar refractivity (Wildman–Crippen MR) is 232 cm³/mol. The molecule has 0 aliphatic heterocycles. The molecule has 1 aliphatic rings. The maximum absolute atomic E-state index is 5.32. The van der Waals surface area contributed by atoms with Crippen molar-refractivity contribution in [3.63, 3.8) is 0 Å². The van der Waals surface area contributed by atoms with E-state index in [1.165, 1.54) is 71.9 Å². The quantitative estimate of drug-likeness (QED) is 0.172. The summed E-state index contributed by atoms with van der Waals surface area (Å²) in [5, 5.41) is 2.51. The van der Waals surface area contributed by atoms with Crippen molar-refractivity contribution in [2.75, 3.05) is 0 Å². The van der Waals surface area contributed by atoms with Gasteiger partial charge in [0, 0.05) is 45.1 Å². The van der Waals surface area contributed by atoms with E-state index in [0.717, 1.165) is 40.4 Å². The Morgan fingerprint density at radius 1 is 0.357 bits per heavy atom. The topological polar surface area (TPSA) is 30.7 Å². The molecule has 0 spiro atoms. The molecular formula is C53H35N3. The molecule has 0 fully saturated rings. The predicted octanol–water partition coefficient (Wildman–Crippen LogP) is 13.5. The van der Waals surface area contributed by atoms with Crippen LogP contribution in [0, 0.1) is 0 Å². The Morgan fingerprint density at radius 3 is 1.70 bits per heavy atom. The van der Waals surface area contributed by atoms with Crippen LogP contribution in [0.5, 0.6) is 0 Å². The van der Waals surface area contributed by atoms with Gasteiger partial charge in [0.25, 0.3) is 0 Å². The van der Waals surface area contributed by atoms with Crippen LogP contribution in [0.2, 0.25) is 0 Å². The molecule has 10 aromatic rings.